The van der Waals surface area contributed by atoms with E-state index in [9.17, 15) is 4.39 Å². The molecule has 0 heterocycles. The molecule has 0 aliphatic carbocycles. The molecule has 4 heteroatoms. The van der Waals surface area contributed by atoms with Crippen LogP contribution >= 0.6 is 27.7 Å². The molecule has 0 amide bonds. The third kappa shape index (κ3) is 2.97. The Morgan fingerprint density at radius 2 is 2.21 bits per heavy atom. The first-order valence-electron chi connectivity index (χ1n) is 4.31. The Morgan fingerprint density at radius 1 is 1.50 bits per heavy atom. The van der Waals surface area contributed by atoms with Crippen molar-refractivity contribution in [1.82, 2.24) is 0 Å². The predicted molar refractivity (Wildman–Crippen MR) is 61.3 cm³/mol. The second-order valence-electron chi connectivity index (χ2n) is 2.92. The molecule has 0 spiro atoms. The van der Waals surface area contributed by atoms with Gasteiger partial charge < -0.3 is 5.11 Å². The zero-order chi connectivity index (χ0) is 10.6. The van der Waals surface area contributed by atoms with Crippen molar-refractivity contribution in [1.29, 1.82) is 0 Å². The van der Waals surface area contributed by atoms with Crippen LogP contribution in [0.4, 0.5) is 4.39 Å². The highest BCUT2D eigenvalue weighted by atomic mass is 79.9. The van der Waals surface area contributed by atoms with E-state index < -0.39 is 0 Å². The van der Waals surface area contributed by atoms with E-state index in [0.717, 1.165) is 10.0 Å². The molecule has 14 heavy (non-hydrogen) atoms. The number of hydrogen-bond acceptors (Lipinski definition) is 2. The normalized spacial score (nSPS) is 10.6. The fourth-order valence-corrected chi connectivity index (χ4v) is 2.71. The van der Waals surface area contributed by atoms with Crippen LogP contribution < -0.4 is 0 Å². The van der Waals surface area contributed by atoms with Crippen molar-refractivity contribution in [3.8, 4) is 0 Å². The van der Waals surface area contributed by atoms with Gasteiger partial charge in [-0.25, -0.2) is 4.39 Å². The topological polar surface area (TPSA) is 20.2 Å². The van der Waals surface area contributed by atoms with Crippen LogP contribution in [-0.4, -0.2) is 18.0 Å². The fraction of sp³-hybridized carbons (Fsp3) is 0.400. The predicted octanol–water partition coefficient (Wildman–Crippen LogP) is 3.24. The molecule has 0 bridgehead atoms. The Kier molecular flexibility index (Phi) is 4.92. The quantitative estimate of drug-likeness (QED) is 0.854. The summed E-state index contributed by atoms with van der Waals surface area (Å²) in [6.07, 6.45) is 3.22. The summed E-state index contributed by atoms with van der Waals surface area (Å²) in [5, 5.41) is 8.66. The number of halogens is 2. The van der Waals surface area contributed by atoms with Gasteiger partial charge in [0.15, 0.2) is 0 Å². The summed E-state index contributed by atoms with van der Waals surface area (Å²) in [6.45, 7) is 0.142. The highest BCUT2D eigenvalue weighted by Gasteiger charge is 2.07. The van der Waals surface area contributed by atoms with Crippen LogP contribution in [0.2, 0.25) is 0 Å². The molecular weight excluding hydrogens is 267 g/mol. The zero-order valence-electron chi connectivity index (χ0n) is 7.89. The monoisotopic (exact) mass is 278 g/mol. The first-order chi connectivity index (χ1) is 6.69. The maximum Gasteiger partial charge on any atom is 0.138 e. The third-order valence-electron chi connectivity index (χ3n) is 1.89. The molecular formula is C10H12BrFOS. The first kappa shape index (κ1) is 12.0. The number of aryl methyl sites for hydroxylation is 1. The van der Waals surface area contributed by atoms with Crippen molar-refractivity contribution in [2.24, 2.45) is 0 Å². The number of aliphatic hydroxyl groups is 1. The number of aliphatic hydroxyl groups excluding tert-OH is 1. The Morgan fingerprint density at radius 3 is 2.71 bits per heavy atom. The Bertz CT molecular complexity index is 294. The van der Waals surface area contributed by atoms with Gasteiger partial charge in [0.1, 0.15) is 5.82 Å². The Labute approximate surface area is 95.8 Å². The molecule has 0 saturated heterocycles. The molecule has 0 radical (unpaired) electrons. The molecule has 0 aromatic heterocycles. The van der Waals surface area contributed by atoms with Gasteiger partial charge in [-0.15, -0.1) is 11.8 Å². The summed E-state index contributed by atoms with van der Waals surface area (Å²) in [6, 6.07) is 3.44. The Hall–Kier alpha value is -0.0600. The third-order valence-corrected chi connectivity index (χ3v) is 3.60. The van der Waals surface area contributed by atoms with E-state index in [1.807, 2.05) is 12.3 Å². The standard InChI is InChI=1S/C10H12BrFOS/c1-14-10-8(11)5-7(3-2-4-13)6-9(10)12/h5-6,13H,2-4H2,1H3. The molecule has 1 aromatic carbocycles. The highest BCUT2D eigenvalue weighted by molar-refractivity contribution is 9.10. The van der Waals surface area contributed by atoms with E-state index in [2.05, 4.69) is 15.9 Å². The number of rotatable bonds is 4. The van der Waals surface area contributed by atoms with Crippen LogP contribution in [0.3, 0.4) is 0 Å². The molecule has 0 unspecified atom stereocenters. The number of thioether (sulfide) groups is 1. The summed E-state index contributed by atoms with van der Waals surface area (Å²) >= 11 is 4.71. The van der Waals surface area contributed by atoms with Crippen molar-refractivity contribution >= 4 is 27.7 Å². The summed E-state index contributed by atoms with van der Waals surface area (Å²) in [4.78, 5) is 0.637. The van der Waals surface area contributed by atoms with Crippen LogP contribution in [0.5, 0.6) is 0 Å². The van der Waals surface area contributed by atoms with E-state index in [-0.39, 0.29) is 12.4 Å². The van der Waals surface area contributed by atoms with E-state index in [1.165, 1.54) is 17.8 Å². The van der Waals surface area contributed by atoms with Crippen molar-refractivity contribution in [2.45, 2.75) is 17.7 Å². The largest absolute Gasteiger partial charge is 0.396 e. The van der Waals surface area contributed by atoms with E-state index in [0.29, 0.717) is 17.7 Å². The average molecular weight is 279 g/mol. The van der Waals surface area contributed by atoms with Crippen LogP contribution in [0.15, 0.2) is 21.5 Å². The van der Waals surface area contributed by atoms with Crippen LogP contribution in [0, 0.1) is 5.82 Å². The van der Waals surface area contributed by atoms with Crippen molar-refractivity contribution in [3.05, 3.63) is 28.0 Å². The van der Waals surface area contributed by atoms with Gasteiger partial charge in [0.25, 0.3) is 0 Å². The molecule has 1 nitrogen and oxygen atoms in total. The van der Waals surface area contributed by atoms with Crippen molar-refractivity contribution < 1.29 is 9.50 Å². The van der Waals surface area contributed by atoms with Crippen LogP contribution in [0.25, 0.3) is 0 Å². The zero-order valence-corrected chi connectivity index (χ0v) is 10.3. The van der Waals surface area contributed by atoms with Gasteiger partial charge in [-0.1, -0.05) is 0 Å². The minimum absolute atomic E-state index is 0.142. The Balaban J connectivity index is 2.90. The summed E-state index contributed by atoms with van der Waals surface area (Å²) in [5.41, 5.74) is 0.918. The lowest BCUT2D eigenvalue weighted by Crippen LogP contribution is -1.92. The molecule has 0 saturated carbocycles. The molecule has 0 atom stereocenters. The highest BCUT2D eigenvalue weighted by Crippen LogP contribution is 2.30. The first-order valence-corrected chi connectivity index (χ1v) is 6.33. The molecule has 1 rings (SSSR count). The maximum absolute atomic E-state index is 13.4. The van der Waals surface area contributed by atoms with Gasteiger partial charge in [-0.3, -0.25) is 0 Å². The van der Waals surface area contributed by atoms with Gasteiger partial charge >= 0.3 is 0 Å². The van der Waals surface area contributed by atoms with Gasteiger partial charge in [0, 0.05) is 11.1 Å². The van der Waals surface area contributed by atoms with Gasteiger partial charge in [-0.05, 0) is 52.7 Å². The number of benzene rings is 1. The maximum atomic E-state index is 13.4. The molecule has 0 aliphatic heterocycles. The molecule has 0 aliphatic rings. The van der Waals surface area contributed by atoms with Gasteiger partial charge in [0.2, 0.25) is 0 Å². The van der Waals surface area contributed by atoms with Gasteiger partial charge in [0.05, 0.1) is 4.90 Å². The van der Waals surface area contributed by atoms with Crippen LogP contribution in [0.1, 0.15) is 12.0 Å². The SMILES string of the molecule is CSc1c(F)cc(CCCO)cc1Br. The van der Waals surface area contributed by atoms with Crippen LogP contribution in [-0.2, 0) is 6.42 Å². The summed E-state index contributed by atoms with van der Waals surface area (Å²) in [7, 11) is 0. The minimum atomic E-state index is -0.195. The lowest BCUT2D eigenvalue weighted by molar-refractivity contribution is 0.288. The molecule has 1 N–H and O–H groups in total. The lowest BCUT2D eigenvalue weighted by atomic mass is 10.1. The van der Waals surface area contributed by atoms with E-state index in [1.54, 1.807) is 0 Å². The lowest BCUT2D eigenvalue weighted by Gasteiger charge is -2.06. The van der Waals surface area contributed by atoms with E-state index in [4.69, 9.17) is 5.11 Å². The summed E-state index contributed by atoms with van der Waals surface area (Å²) < 4.78 is 14.2. The molecule has 0 fully saturated rings. The van der Waals surface area contributed by atoms with Crippen molar-refractivity contribution in [3.63, 3.8) is 0 Å². The van der Waals surface area contributed by atoms with E-state index >= 15 is 0 Å². The van der Waals surface area contributed by atoms with Crippen molar-refractivity contribution in [2.75, 3.05) is 12.9 Å². The van der Waals surface area contributed by atoms with Gasteiger partial charge in [-0.2, -0.15) is 0 Å². The number of hydrogen-bond donors (Lipinski definition) is 1. The second kappa shape index (κ2) is 5.73. The molecule has 78 valence electrons. The minimum Gasteiger partial charge on any atom is -0.396 e. The average Bonchev–Trinajstić information content (AvgIpc) is 2.14. The second-order valence-corrected chi connectivity index (χ2v) is 4.59. The smallest absolute Gasteiger partial charge is 0.138 e. The molecule has 1 aromatic rings. The summed E-state index contributed by atoms with van der Waals surface area (Å²) in [5.74, 6) is -0.195. The fourth-order valence-electron chi connectivity index (χ4n) is 1.23.